The van der Waals surface area contributed by atoms with E-state index >= 15 is 0 Å². The molecule has 0 radical (unpaired) electrons. The molecule has 0 saturated carbocycles. The third-order valence-electron chi connectivity index (χ3n) is 15.6. The van der Waals surface area contributed by atoms with E-state index in [9.17, 15) is 19.4 Å². The Labute approximate surface area is 538 Å². The van der Waals surface area contributed by atoms with Crippen LogP contribution >= 0.6 is 7.82 Å². The molecule has 0 aliphatic carbocycles. The van der Waals surface area contributed by atoms with Gasteiger partial charge in [-0.25, -0.2) is 0 Å². The molecule has 0 aromatic carbocycles. The van der Waals surface area contributed by atoms with Gasteiger partial charge in [0.2, 0.25) is 5.91 Å². The Balaban J connectivity index is 4.18. The maximum atomic E-state index is 13.0. The first kappa shape index (κ1) is 83.6. The van der Waals surface area contributed by atoms with Crippen molar-refractivity contribution < 1.29 is 32.9 Å². The highest BCUT2D eigenvalue weighted by Gasteiger charge is 2.23. The third kappa shape index (κ3) is 70.0. The second-order valence-corrected chi connectivity index (χ2v) is 26.6. The standard InChI is InChI=1S/C78H137N2O6P/c1-6-8-10-12-14-16-18-20-22-24-26-28-30-32-34-36-38-39-40-41-42-44-46-48-50-52-54-56-58-60-62-64-66-68-70-72-78(82)79-76(75-86-87(83,84)85-74-73-80(3,4)5)77(81)71-69-67-65-63-61-59-57-55-53-51-49-47-45-43-37-35-33-31-29-27-25-23-21-19-17-15-13-11-9-7-2/h8,10,14,16,20,22,26,28,32,34,38-39,41-42,46,48,52,54,61,63,69,71,76-77,81H,6-7,9,11-13,15,17-19,21,23-25,27,29-31,33,35-37,40,43-45,47,49-51,53,55-60,62,64-68,70,72-75H2,1-5H3,(H-,79,82,83,84)/b10-8-,16-14-,22-20-,28-26-,34-32-,39-38-,42-41-,48-46-,54-52-,63-61+,71-69+. The van der Waals surface area contributed by atoms with Crippen LogP contribution in [0.5, 0.6) is 0 Å². The molecular weight excluding hydrogens is 1090 g/mol. The van der Waals surface area contributed by atoms with Gasteiger partial charge in [0.1, 0.15) is 13.2 Å². The number of aliphatic hydroxyl groups is 1. The zero-order valence-electron chi connectivity index (χ0n) is 57.2. The molecule has 0 saturated heterocycles. The van der Waals surface area contributed by atoms with Gasteiger partial charge < -0.3 is 28.8 Å². The zero-order valence-corrected chi connectivity index (χ0v) is 58.1. The van der Waals surface area contributed by atoms with E-state index in [4.69, 9.17) is 9.05 Å². The van der Waals surface area contributed by atoms with Gasteiger partial charge in [-0.2, -0.15) is 0 Å². The first-order valence-electron chi connectivity index (χ1n) is 36.0. The predicted molar refractivity (Wildman–Crippen MR) is 380 cm³/mol. The first-order valence-corrected chi connectivity index (χ1v) is 37.5. The highest BCUT2D eigenvalue weighted by molar-refractivity contribution is 7.45. The molecule has 500 valence electrons. The third-order valence-corrected chi connectivity index (χ3v) is 16.6. The van der Waals surface area contributed by atoms with Gasteiger partial charge in [-0.15, -0.1) is 0 Å². The number of likely N-dealkylation sites (N-methyl/N-ethyl adjacent to an activating group) is 1. The summed E-state index contributed by atoms with van der Waals surface area (Å²) in [4.78, 5) is 25.6. The van der Waals surface area contributed by atoms with E-state index in [1.54, 1.807) is 6.08 Å². The van der Waals surface area contributed by atoms with Crippen LogP contribution in [0.15, 0.2) is 134 Å². The fourth-order valence-electron chi connectivity index (χ4n) is 10.0. The lowest BCUT2D eigenvalue weighted by atomic mass is 10.0. The van der Waals surface area contributed by atoms with Gasteiger partial charge in [0, 0.05) is 6.42 Å². The summed E-state index contributed by atoms with van der Waals surface area (Å²) < 4.78 is 23.4. The summed E-state index contributed by atoms with van der Waals surface area (Å²) in [7, 11) is 1.22. The Bertz CT molecular complexity index is 1880. The number of aliphatic hydroxyl groups excluding tert-OH is 1. The topological polar surface area (TPSA) is 108 Å². The minimum Gasteiger partial charge on any atom is -0.756 e. The van der Waals surface area contributed by atoms with E-state index in [2.05, 4.69) is 141 Å². The van der Waals surface area contributed by atoms with E-state index in [0.717, 1.165) is 109 Å². The number of nitrogens with zero attached hydrogens (tertiary/aromatic N) is 1. The lowest BCUT2D eigenvalue weighted by Crippen LogP contribution is -2.45. The van der Waals surface area contributed by atoms with Crippen LogP contribution in [0.25, 0.3) is 0 Å². The van der Waals surface area contributed by atoms with Crippen molar-refractivity contribution in [1.82, 2.24) is 5.32 Å². The number of amides is 1. The Morgan fingerprint density at radius 1 is 0.414 bits per heavy atom. The van der Waals surface area contributed by atoms with Gasteiger partial charge in [0.15, 0.2) is 0 Å². The number of rotatable bonds is 65. The lowest BCUT2D eigenvalue weighted by Gasteiger charge is -2.29. The van der Waals surface area contributed by atoms with Crippen LogP contribution in [0.1, 0.15) is 303 Å². The number of quaternary nitrogens is 1. The Morgan fingerprint density at radius 2 is 0.713 bits per heavy atom. The smallest absolute Gasteiger partial charge is 0.268 e. The van der Waals surface area contributed by atoms with E-state index in [1.165, 1.54) is 173 Å². The minimum absolute atomic E-state index is 0.0153. The number of allylic oxidation sites excluding steroid dienone is 21. The molecular formula is C78H137N2O6P. The second kappa shape index (κ2) is 67.0. The molecule has 87 heavy (non-hydrogen) atoms. The van der Waals surface area contributed by atoms with Crippen molar-refractivity contribution in [2.75, 3.05) is 40.9 Å². The fraction of sp³-hybridized carbons (Fsp3) is 0.705. The normalized spacial score (nSPS) is 14.4. The molecule has 3 atom stereocenters. The van der Waals surface area contributed by atoms with Crippen LogP contribution in [-0.2, 0) is 18.4 Å². The second-order valence-electron chi connectivity index (χ2n) is 25.2. The van der Waals surface area contributed by atoms with Gasteiger partial charge in [0.05, 0.1) is 39.9 Å². The molecule has 0 heterocycles. The monoisotopic (exact) mass is 1230 g/mol. The molecule has 0 aromatic heterocycles. The molecule has 3 unspecified atom stereocenters. The van der Waals surface area contributed by atoms with Gasteiger partial charge in [-0.3, -0.25) is 9.36 Å². The molecule has 2 N–H and O–H groups in total. The number of nitrogens with one attached hydrogen (secondary N) is 1. The summed E-state index contributed by atoms with van der Waals surface area (Å²) in [6, 6.07) is -0.922. The quantitative estimate of drug-likeness (QED) is 0.0272. The molecule has 0 aliphatic rings. The summed E-state index contributed by atoms with van der Waals surface area (Å²) in [5, 5.41) is 13.9. The summed E-state index contributed by atoms with van der Waals surface area (Å²) in [6.07, 6.45) is 102. The molecule has 0 rings (SSSR count). The van der Waals surface area contributed by atoms with Crippen LogP contribution in [0.4, 0.5) is 0 Å². The van der Waals surface area contributed by atoms with E-state index in [-0.39, 0.29) is 12.5 Å². The average Bonchev–Trinajstić information content (AvgIpc) is 3.70. The van der Waals surface area contributed by atoms with E-state index in [0.29, 0.717) is 17.4 Å². The van der Waals surface area contributed by atoms with Crippen LogP contribution in [-0.4, -0.2) is 68.5 Å². The number of unbranched alkanes of at least 4 members (excludes halogenated alkanes) is 32. The summed E-state index contributed by atoms with van der Waals surface area (Å²) >= 11 is 0. The molecule has 0 aromatic rings. The molecule has 1 amide bonds. The van der Waals surface area contributed by atoms with Crippen molar-refractivity contribution >= 4 is 13.7 Å². The number of phosphoric acid groups is 1. The Hall–Kier alpha value is -3.36. The maximum Gasteiger partial charge on any atom is 0.268 e. The van der Waals surface area contributed by atoms with Crippen LogP contribution in [0.2, 0.25) is 0 Å². The Morgan fingerprint density at radius 3 is 1.07 bits per heavy atom. The van der Waals surface area contributed by atoms with Gasteiger partial charge in [0.25, 0.3) is 7.82 Å². The predicted octanol–water partition coefficient (Wildman–Crippen LogP) is 22.8. The largest absolute Gasteiger partial charge is 0.756 e. The lowest BCUT2D eigenvalue weighted by molar-refractivity contribution is -0.870. The SMILES string of the molecule is CC/C=C\C/C=C\C/C=C\C/C=C\C/C=C\C/C=C\C/C=C\C/C=C\C/C=C\CCCCCCCCCC(=O)NC(COP(=O)([O-])OCC[N+](C)(C)C)C(O)/C=C/CC/C=C/CCCCCCCCCCCCCCCCCCCCCCCCCC. The number of carbonyl (C=O) groups excluding carboxylic acids is 1. The minimum atomic E-state index is -4.63. The van der Waals surface area contributed by atoms with Crippen molar-refractivity contribution in [2.24, 2.45) is 0 Å². The van der Waals surface area contributed by atoms with Crippen LogP contribution in [0, 0.1) is 0 Å². The van der Waals surface area contributed by atoms with Gasteiger partial charge in [-0.1, -0.05) is 327 Å². The molecule has 0 bridgehead atoms. The van der Waals surface area contributed by atoms with Gasteiger partial charge in [-0.05, 0) is 103 Å². The number of phosphoric ester groups is 1. The Kier molecular flexibility index (Phi) is 64.5. The number of hydrogen-bond donors (Lipinski definition) is 2. The summed E-state index contributed by atoms with van der Waals surface area (Å²) in [5.41, 5.74) is 0. The summed E-state index contributed by atoms with van der Waals surface area (Å²) in [6.45, 7) is 4.52. The highest BCUT2D eigenvalue weighted by Crippen LogP contribution is 2.38. The first-order chi connectivity index (χ1) is 42.5. The molecule has 0 aliphatic heterocycles. The zero-order chi connectivity index (χ0) is 63.4. The van der Waals surface area contributed by atoms with Crippen LogP contribution < -0.4 is 10.2 Å². The van der Waals surface area contributed by atoms with E-state index in [1.807, 2.05) is 27.2 Å². The number of carbonyl (C=O) groups is 1. The fourth-order valence-corrected chi connectivity index (χ4v) is 10.8. The van der Waals surface area contributed by atoms with E-state index < -0.39 is 26.6 Å². The van der Waals surface area contributed by atoms with Crippen molar-refractivity contribution in [2.45, 2.75) is 315 Å². The maximum absolute atomic E-state index is 13.0. The average molecular weight is 1230 g/mol. The molecule has 8 nitrogen and oxygen atoms in total. The van der Waals surface area contributed by atoms with Crippen molar-refractivity contribution in [3.63, 3.8) is 0 Å². The molecule has 9 heteroatoms. The highest BCUT2D eigenvalue weighted by atomic mass is 31.2. The van der Waals surface area contributed by atoms with Crippen molar-refractivity contribution in [3.05, 3.63) is 134 Å². The van der Waals surface area contributed by atoms with Gasteiger partial charge >= 0.3 is 0 Å². The van der Waals surface area contributed by atoms with Crippen LogP contribution in [0.3, 0.4) is 0 Å². The number of hydrogen-bond acceptors (Lipinski definition) is 6. The molecule has 0 fully saturated rings. The van der Waals surface area contributed by atoms with Crippen molar-refractivity contribution in [1.29, 1.82) is 0 Å². The van der Waals surface area contributed by atoms with Crippen molar-refractivity contribution in [3.8, 4) is 0 Å². The summed E-state index contributed by atoms with van der Waals surface area (Å²) in [5.74, 6) is -0.221. The molecule has 0 spiro atoms.